The number of carbonyl (C=O) groups excluding carboxylic acids is 1. The van der Waals surface area contributed by atoms with Crippen LogP contribution in [0.3, 0.4) is 0 Å². The highest BCUT2D eigenvalue weighted by atomic mass is 16.2. The highest BCUT2D eigenvalue weighted by Gasteiger charge is 2.36. The van der Waals surface area contributed by atoms with Crippen molar-refractivity contribution in [1.29, 1.82) is 0 Å². The largest absolute Gasteiger partial charge is 0.378 e. The minimum absolute atomic E-state index is 0.0305. The first kappa shape index (κ1) is 24.3. The molecule has 0 spiro atoms. The maximum atomic E-state index is 12.9. The third kappa shape index (κ3) is 5.92. The fourth-order valence-electron chi connectivity index (χ4n) is 4.76. The monoisotopic (exact) mass is 435 g/mol. The lowest BCUT2D eigenvalue weighted by Crippen LogP contribution is -2.43. The van der Waals surface area contributed by atoms with Gasteiger partial charge in [-0.15, -0.1) is 0 Å². The van der Waals surface area contributed by atoms with Crippen molar-refractivity contribution in [3.63, 3.8) is 0 Å². The SMILES string of the molecule is Cc1ccc(C2CN(Cc3ccc(N(C)C)cc3)CC2CN(C(=O)C(C)C)C(C)C)cc1. The Kier molecular flexibility index (Phi) is 8.00. The van der Waals surface area contributed by atoms with Gasteiger partial charge in [0.2, 0.25) is 5.91 Å². The first-order valence-corrected chi connectivity index (χ1v) is 12.0. The average molecular weight is 436 g/mol. The van der Waals surface area contributed by atoms with Crippen LogP contribution >= 0.6 is 0 Å². The molecular formula is C28H41N3O. The topological polar surface area (TPSA) is 26.8 Å². The first-order valence-electron chi connectivity index (χ1n) is 12.0. The number of amides is 1. The molecule has 2 aromatic carbocycles. The number of hydrogen-bond acceptors (Lipinski definition) is 3. The van der Waals surface area contributed by atoms with Gasteiger partial charge in [0.05, 0.1) is 0 Å². The molecule has 1 amide bonds. The minimum Gasteiger partial charge on any atom is -0.378 e. The van der Waals surface area contributed by atoms with Crippen LogP contribution in [0.5, 0.6) is 0 Å². The van der Waals surface area contributed by atoms with E-state index in [0.29, 0.717) is 11.8 Å². The Bertz CT molecular complexity index is 871. The number of hydrogen-bond donors (Lipinski definition) is 0. The van der Waals surface area contributed by atoms with Gasteiger partial charge in [0.1, 0.15) is 0 Å². The zero-order valence-electron chi connectivity index (χ0n) is 21.0. The summed E-state index contributed by atoms with van der Waals surface area (Å²) in [7, 11) is 4.15. The van der Waals surface area contributed by atoms with Crippen molar-refractivity contribution in [3.8, 4) is 0 Å². The van der Waals surface area contributed by atoms with Crippen LogP contribution in [0.25, 0.3) is 0 Å². The average Bonchev–Trinajstić information content (AvgIpc) is 3.14. The summed E-state index contributed by atoms with van der Waals surface area (Å²) < 4.78 is 0. The number of likely N-dealkylation sites (tertiary alicyclic amines) is 1. The molecule has 0 aromatic heterocycles. The molecule has 2 aromatic rings. The second kappa shape index (κ2) is 10.5. The number of rotatable bonds is 8. The van der Waals surface area contributed by atoms with Gasteiger partial charge in [-0.05, 0) is 49.9 Å². The molecule has 0 N–H and O–H groups in total. The van der Waals surface area contributed by atoms with E-state index in [1.165, 1.54) is 22.4 Å². The summed E-state index contributed by atoms with van der Waals surface area (Å²) in [4.78, 5) is 19.7. The Morgan fingerprint density at radius 3 is 2.12 bits per heavy atom. The predicted molar refractivity (Wildman–Crippen MR) is 135 cm³/mol. The van der Waals surface area contributed by atoms with Crippen LogP contribution < -0.4 is 4.90 Å². The van der Waals surface area contributed by atoms with Gasteiger partial charge < -0.3 is 9.80 Å². The molecular weight excluding hydrogens is 394 g/mol. The first-order chi connectivity index (χ1) is 15.2. The molecule has 3 rings (SSSR count). The summed E-state index contributed by atoms with van der Waals surface area (Å²) in [5, 5.41) is 0. The van der Waals surface area contributed by atoms with Crippen LogP contribution in [0.15, 0.2) is 48.5 Å². The molecule has 1 saturated heterocycles. The van der Waals surface area contributed by atoms with E-state index in [4.69, 9.17) is 0 Å². The molecule has 0 bridgehead atoms. The number of aryl methyl sites for hydroxylation is 1. The fourth-order valence-corrected chi connectivity index (χ4v) is 4.76. The van der Waals surface area contributed by atoms with E-state index in [0.717, 1.165) is 26.2 Å². The molecule has 1 fully saturated rings. The van der Waals surface area contributed by atoms with Crippen molar-refractivity contribution >= 4 is 11.6 Å². The van der Waals surface area contributed by atoms with Gasteiger partial charge in [-0.1, -0.05) is 55.8 Å². The maximum absolute atomic E-state index is 12.9. The van der Waals surface area contributed by atoms with Gasteiger partial charge in [-0.25, -0.2) is 0 Å². The number of anilines is 1. The van der Waals surface area contributed by atoms with Gasteiger partial charge in [0.25, 0.3) is 0 Å². The summed E-state index contributed by atoms with van der Waals surface area (Å²) >= 11 is 0. The molecule has 2 atom stereocenters. The van der Waals surface area contributed by atoms with Gasteiger partial charge >= 0.3 is 0 Å². The number of nitrogens with zero attached hydrogens (tertiary/aromatic N) is 3. The minimum atomic E-state index is 0.0305. The van der Waals surface area contributed by atoms with E-state index < -0.39 is 0 Å². The standard InChI is InChI=1S/C28H41N3O/c1-20(2)28(32)31(21(3)4)18-25-17-30(16-23-10-14-26(15-11-23)29(6)7)19-27(25)24-12-8-22(5)9-13-24/h8-15,20-21,25,27H,16-19H2,1-7H3. The van der Waals surface area contributed by atoms with Crippen molar-refractivity contribution in [2.45, 2.75) is 53.1 Å². The van der Waals surface area contributed by atoms with E-state index in [-0.39, 0.29) is 17.9 Å². The quantitative estimate of drug-likeness (QED) is 0.572. The predicted octanol–water partition coefficient (Wildman–Crippen LogP) is 5.17. The van der Waals surface area contributed by atoms with E-state index in [9.17, 15) is 4.79 Å². The summed E-state index contributed by atoms with van der Waals surface area (Å²) in [5.74, 6) is 1.17. The van der Waals surface area contributed by atoms with E-state index in [2.05, 4.69) is 98.1 Å². The second-order valence-electron chi connectivity index (χ2n) is 10.3. The number of carbonyl (C=O) groups is 1. The molecule has 174 valence electrons. The van der Waals surface area contributed by atoms with E-state index in [1.54, 1.807) is 0 Å². The van der Waals surface area contributed by atoms with Gasteiger partial charge in [-0.3, -0.25) is 9.69 Å². The van der Waals surface area contributed by atoms with Crippen molar-refractivity contribution in [2.24, 2.45) is 11.8 Å². The molecule has 32 heavy (non-hydrogen) atoms. The fraction of sp³-hybridized carbons (Fsp3) is 0.536. The van der Waals surface area contributed by atoms with Crippen molar-refractivity contribution < 1.29 is 4.79 Å². The smallest absolute Gasteiger partial charge is 0.225 e. The summed E-state index contributed by atoms with van der Waals surface area (Å²) in [5.41, 5.74) is 5.26. The summed E-state index contributed by atoms with van der Waals surface area (Å²) in [6.45, 7) is 14.3. The second-order valence-corrected chi connectivity index (χ2v) is 10.3. The van der Waals surface area contributed by atoms with Crippen molar-refractivity contribution in [1.82, 2.24) is 9.80 Å². The zero-order valence-corrected chi connectivity index (χ0v) is 21.0. The Labute approximate surface area is 195 Å². The van der Waals surface area contributed by atoms with Crippen molar-refractivity contribution in [2.75, 3.05) is 38.6 Å². The third-order valence-corrected chi connectivity index (χ3v) is 6.71. The van der Waals surface area contributed by atoms with Crippen LogP contribution in [0.4, 0.5) is 5.69 Å². The molecule has 4 heteroatoms. The Morgan fingerprint density at radius 2 is 1.59 bits per heavy atom. The highest BCUT2D eigenvalue weighted by molar-refractivity contribution is 5.78. The number of benzene rings is 2. The Balaban J connectivity index is 1.80. The molecule has 1 aliphatic heterocycles. The molecule has 1 heterocycles. The van der Waals surface area contributed by atoms with Gasteiger partial charge in [0, 0.05) is 63.8 Å². The summed E-state index contributed by atoms with van der Waals surface area (Å²) in [6, 6.07) is 18.1. The summed E-state index contributed by atoms with van der Waals surface area (Å²) in [6.07, 6.45) is 0. The van der Waals surface area contributed by atoms with Crippen LogP contribution in [0, 0.1) is 18.8 Å². The van der Waals surface area contributed by atoms with E-state index in [1.807, 2.05) is 13.8 Å². The van der Waals surface area contributed by atoms with Crippen LogP contribution in [0.1, 0.15) is 50.3 Å². The normalized spacial score (nSPS) is 19.0. The maximum Gasteiger partial charge on any atom is 0.225 e. The lowest BCUT2D eigenvalue weighted by Gasteiger charge is -2.33. The zero-order chi connectivity index (χ0) is 23.4. The molecule has 4 nitrogen and oxygen atoms in total. The van der Waals surface area contributed by atoms with Crippen LogP contribution in [0.2, 0.25) is 0 Å². The lowest BCUT2D eigenvalue weighted by molar-refractivity contribution is -0.136. The highest BCUT2D eigenvalue weighted by Crippen LogP contribution is 2.35. The van der Waals surface area contributed by atoms with Gasteiger partial charge in [-0.2, -0.15) is 0 Å². The molecule has 0 aliphatic carbocycles. The van der Waals surface area contributed by atoms with E-state index >= 15 is 0 Å². The Hall–Kier alpha value is -2.33. The van der Waals surface area contributed by atoms with Crippen LogP contribution in [-0.2, 0) is 11.3 Å². The molecule has 0 saturated carbocycles. The molecule has 1 aliphatic rings. The Morgan fingerprint density at radius 1 is 0.969 bits per heavy atom. The molecule has 2 unspecified atom stereocenters. The lowest BCUT2D eigenvalue weighted by atomic mass is 9.87. The van der Waals surface area contributed by atoms with Gasteiger partial charge in [0.15, 0.2) is 0 Å². The van der Waals surface area contributed by atoms with Crippen LogP contribution in [-0.4, -0.2) is 55.5 Å². The third-order valence-electron chi connectivity index (χ3n) is 6.71. The van der Waals surface area contributed by atoms with Crippen molar-refractivity contribution in [3.05, 3.63) is 65.2 Å². The molecule has 0 radical (unpaired) electrons.